The summed E-state index contributed by atoms with van der Waals surface area (Å²) in [7, 11) is 2.05. The summed E-state index contributed by atoms with van der Waals surface area (Å²) in [6.45, 7) is 2.52. The van der Waals surface area contributed by atoms with Gasteiger partial charge in [-0.2, -0.15) is 0 Å². The minimum Gasteiger partial charge on any atom is -0.409 e. The Kier molecular flexibility index (Phi) is 5.23. The fraction of sp³-hybridized carbons (Fsp3) is 0.500. The second-order valence-corrected chi connectivity index (χ2v) is 5.53. The van der Waals surface area contributed by atoms with Gasteiger partial charge in [0.25, 0.3) is 0 Å². The molecule has 0 aromatic heterocycles. The molecule has 20 heavy (non-hydrogen) atoms. The number of halogens is 1. The number of nitrogens with zero attached hydrogens (tertiary/aromatic N) is 2. The number of nitrogens with two attached hydrogens (primary N) is 1. The smallest absolute Gasteiger partial charge is 0.170 e. The van der Waals surface area contributed by atoms with Crippen LogP contribution in [-0.4, -0.2) is 42.2 Å². The predicted molar refractivity (Wildman–Crippen MR) is 79.3 cm³/mol. The summed E-state index contributed by atoms with van der Waals surface area (Å²) in [5.41, 5.74) is 7.17. The Morgan fingerprint density at radius 1 is 1.60 bits per heavy atom. The first-order chi connectivity index (χ1) is 9.60. The monoisotopic (exact) mass is 297 g/mol. The van der Waals surface area contributed by atoms with Crippen molar-refractivity contribution < 1.29 is 9.94 Å². The van der Waals surface area contributed by atoms with Crippen LogP contribution in [0, 0.1) is 0 Å². The molecule has 0 radical (unpaired) electrons. The fourth-order valence-corrected chi connectivity index (χ4v) is 2.62. The Bertz CT molecular complexity index is 487. The zero-order valence-corrected chi connectivity index (χ0v) is 12.3. The lowest BCUT2D eigenvalue weighted by atomic mass is 10.1. The van der Waals surface area contributed by atoms with Crippen LogP contribution in [0.3, 0.4) is 0 Å². The molecule has 0 amide bonds. The van der Waals surface area contributed by atoms with Gasteiger partial charge in [-0.25, -0.2) is 0 Å². The number of ether oxygens (including phenoxy) is 1. The van der Waals surface area contributed by atoms with Gasteiger partial charge in [0.05, 0.1) is 6.10 Å². The summed E-state index contributed by atoms with van der Waals surface area (Å²) in [4.78, 5) is 2.19. The number of rotatable bonds is 5. The summed E-state index contributed by atoms with van der Waals surface area (Å²) >= 11 is 6.24. The second kappa shape index (κ2) is 6.92. The van der Waals surface area contributed by atoms with Gasteiger partial charge in [-0.15, -0.1) is 0 Å². The Labute approximate surface area is 124 Å². The maximum atomic E-state index is 8.65. The van der Waals surface area contributed by atoms with Crippen molar-refractivity contribution in [3.05, 3.63) is 34.3 Å². The van der Waals surface area contributed by atoms with E-state index in [2.05, 4.69) is 17.1 Å². The van der Waals surface area contributed by atoms with E-state index < -0.39 is 0 Å². The zero-order chi connectivity index (χ0) is 14.5. The van der Waals surface area contributed by atoms with Gasteiger partial charge in [-0.1, -0.05) is 28.9 Å². The van der Waals surface area contributed by atoms with Gasteiger partial charge in [0.1, 0.15) is 0 Å². The molecule has 0 saturated carbocycles. The molecule has 5 nitrogen and oxygen atoms in total. The molecular weight excluding hydrogens is 278 g/mol. The Hall–Kier alpha value is -1.30. The van der Waals surface area contributed by atoms with E-state index in [1.165, 1.54) is 0 Å². The molecule has 1 unspecified atom stereocenters. The molecule has 0 spiro atoms. The first-order valence-electron chi connectivity index (χ1n) is 6.66. The molecule has 0 aliphatic carbocycles. The molecule has 6 heteroatoms. The third-order valence-corrected chi connectivity index (χ3v) is 3.79. The largest absolute Gasteiger partial charge is 0.409 e. The van der Waals surface area contributed by atoms with Crippen molar-refractivity contribution in [2.45, 2.75) is 25.5 Å². The van der Waals surface area contributed by atoms with E-state index in [4.69, 9.17) is 27.3 Å². The standard InChI is InChI=1S/C14H20ClN3O2/c1-18(9-12-3-2-6-20-12)8-11-5-4-10(7-13(11)15)14(16)17-19/h4-5,7,12,19H,2-3,6,8-9H2,1H3,(H2,16,17). The highest BCUT2D eigenvalue weighted by molar-refractivity contribution is 6.31. The number of likely N-dealkylation sites (N-methyl/N-ethyl adjacent to an activating group) is 1. The Balaban J connectivity index is 1.98. The summed E-state index contributed by atoms with van der Waals surface area (Å²) in [6.07, 6.45) is 2.60. The molecular formula is C14H20ClN3O2. The fourth-order valence-electron chi connectivity index (χ4n) is 2.38. The van der Waals surface area contributed by atoms with Gasteiger partial charge in [0, 0.05) is 30.3 Å². The number of benzene rings is 1. The average molecular weight is 298 g/mol. The number of hydrogen-bond donors (Lipinski definition) is 2. The predicted octanol–water partition coefficient (Wildman–Crippen LogP) is 2.05. The molecule has 1 heterocycles. The second-order valence-electron chi connectivity index (χ2n) is 5.12. The molecule has 1 aromatic rings. The van der Waals surface area contributed by atoms with Crippen LogP contribution in [0.25, 0.3) is 0 Å². The highest BCUT2D eigenvalue weighted by Gasteiger charge is 2.17. The van der Waals surface area contributed by atoms with Crippen molar-refractivity contribution >= 4 is 17.4 Å². The molecule has 3 N–H and O–H groups in total. The zero-order valence-electron chi connectivity index (χ0n) is 11.6. The van der Waals surface area contributed by atoms with Crippen molar-refractivity contribution in [2.75, 3.05) is 20.2 Å². The SMILES string of the molecule is CN(Cc1ccc(/C(N)=N/O)cc1Cl)CC1CCCO1. The van der Waals surface area contributed by atoms with Crippen molar-refractivity contribution in [3.8, 4) is 0 Å². The van der Waals surface area contributed by atoms with Crippen LogP contribution in [0.4, 0.5) is 0 Å². The highest BCUT2D eigenvalue weighted by Crippen LogP contribution is 2.20. The molecule has 1 saturated heterocycles. The number of amidine groups is 1. The molecule has 1 aromatic carbocycles. The lowest BCUT2D eigenvalue weighted by molar-refractivity contribution is 0.0793. The summed E-state index contributed by atoms with van der Waals surface area (Å²) in [6, 6.07) is 5.42. The van der Waals surface area contributed by atoms with Crippen LogP contribution in [0.2, 0.25) is 5.02 Å². The average Bonchev–Trinajstić information content (AvgIpc) is 2.93. The van der Waals surface area contributed by atoms with Gasteiger partial charge in [-0.05, 0) is 31.5 Å². The minimum atomic E-state index is 0.0613. The molecule has 1 aliphatic heterocycles. The van der Waals surface area contributed by atoms with Gasteiger partial charge in [-0.3, -0.25) is 4.90 Å². The third-order valence-electron chi connectivity index (χ3n) is 3.44. The molecule has 1 atom stereocenters. The van der Waals surface area contributed by atoms with Gasteiger partial charge >= 0.3 is 0 Å². The van der Waals surface area contributed by atoms with E-state index in [0.717, 1.165) is 38.1 Å². The minimum absolute atomic E-state index is 0.0613. The van der Waals surface area contributed by atoms with E-state index in [1.807, 2.05) is 6.07 Å². The summed E-state index contributed by atoms with van der Waals surface area (Å²) in [5, 5.41) is 12.2. The normalized spacial score (nSPS) is 19.8. The molecule has 1 fully saturated rings. The van der Waals surface area contributed by atoms with Gasteiger partial charge < -0.3 is 15.7 Å². The first-order valence-corrected chi connectivity index (χ1v) is 7.04. The Morgan fingerprint density at radius 2 is 2.40 bits per heavy atom. The van der Waals surface area contributed by atoms with Crippen LogP contribution >= 0.6 is 11.6 Å². The van der Waals surface area contributed by atoms with Crippen molar-refractivity contribution in [3.63, 3.8) is 0 Å². The van der Waals surface area contributed by atoms with E-state index in [9.17, 15) is 0 Å². The van der Waals surface area contributed by atoms with E-state index in [1.54, 1.807) is 12.1 Å². The van der Waals surface area contributed by atoms with E-state index in [-0.39, 0.29) is 5.84 Å². The van der Waals surface area contributed by atoms with Crippen molar-refractivity contribution in [1.29, 1.82) is 0 Å². The topological polar surface area (TPSA) is 71.1 Å². The van der Waals surface area contributed by atoms with Crippen molar-refractivity contribution in [1.82, 2.24) is 4.90 Å². The molecule has 110 valence electrons. The lowest BCUT2D eigenvalue weighted by Gasteiger charge is -2.21. The maximum absolute atomic E-state index is 8.65. The van der Waals surface area contributed by atoms with Gasteiger partial charge in [0.15, 0.2) is 5.84 Å². The third kappa shape index (κ3) is 3.85. The van der Waals surface area contributed by atoms with Crippen molar-refractivity contribution in [2.24, 2.45) is 10.9 Å². The molecule has 0 bridgehead atoms. The highest BCUT2D eigenvalue weighted by atomic mass is 35.5. The summed E-state index contributed by atoms with van der Waals surface area (Å²) < 4.78 is 5.62. The lowest BCUT2D eigenvalue weighted by Crippen LogP contribution is -2.28. The van der Waals surface area contributed by atoms with Crippen LogP contribution in [0.5, 0.6) is 0 Å². The van der Waals surface area contributed by atoms with Crippen LogP contribution in [0.15, 0.2) is 23.4 Å². The number of oxime groups is 1. The Morgan fingerprint density at radius 3 is 3.00 bits per heavy atom. The van der Waals surface area contributed by atoms with Crippen LogP contribution in [-0.2, 0) is 11.3 Å². The number of hydrogen-bond acceptors (Lipinski definition) is 4. The van der Waals surface area contributed by atoms with E-state index >= 15 is 0 Å². The maximum Gasteiger partial charge on any atom is 0.170 e. The molecule has 2 rings (SSSR count). The summed E-state index contributed by atoms with van der Waals surface area (Å²) in [5.74, 6) is 0.0613. The van der Waals surface area contributed by atoms with Crippen LogP contribution < -0.4 is 5.73 Å². The molecule has 1 aliphatic rings. The quantitative estimate of drug-likeness (QED) is 0.378. The van der Waals surface area contributed by atoms with Crippen LogP contribution in [0.1, 0.15) is 24.0 Å². The van der Waals surface area contributed by atoms with E-state index in [0.29, 0.717) is 16.7 Å². The van der Waals surface area contributed by atoms with Gasteiger partial charge in [0.2, 0.25) is 0 Å². The first kappa shape index (κ1) is 15.1.